The Morgan fingerprint density at radius 3 is 2.73 bits per heavy atom. The summed E-state index contributed by atoms with van der Waals surface area (Å²) in [5.41, 5.74) is 2.53. The maximum Gasteiger partial charge on any atom is 0.115 e. The Balaban J connectivity index is 0.000000605. The van der Waals surface area contributed by atoms with E-state index in [4.69, 9.17) is 5.11 Å². The van der Waals surface area contributed by atoms with Gasteiger partial charge in [0.2, 0.25) is 0 Å². The Bertz CT molecular complexity index is 262. The number of hydrogen-bond acceptors (Lipinski definition) is 2. The monoisotopic (exact) mass is 171 g/mol. The molecule has 1 aromatic carbocycles. The average molecular weight is 172 g/mol. The van der Waals surface area contributed by atoms with Crippen molar-refractivity contribution in [2.45, 2.75) is 13.1 Å². The predicted octanol–water partition coefficient (Wildman–Crippen LogP) is 1.42. The van der Waals surface area contributed by atoms with Crippen molar-refractivity contribution in [3.05, 3.63) is 29.3 Å². The summed E-state index contributed by atoms with van der Waals surface area (Å²) >= 11 is 0. The first-order valence-corrected chi connectivity index (χ1v) is 3.38. The van der Waals surface area contributed by atoms with Crippen LogP contribution >= 0.6 is 12.4 Å². The highest BCUT2D eigenvalue weighted by molar-refractivity contribution is 5.85. The summed E-state index contributed by atoms with van der Waals surface area (Å²) in [5.74, 6) is 0.363. The van der Waals surface area contributed by atoms with Gasteiger partial charge in [-0.05, 0) is 23.3 Å². The molecule has 60 valence electrons. The molecule has 2 N–H and O–H groups in total. The lowest BCUT2D eigenvalue weighted by Crippen LogP contribution is -1.99. The number of hydrogen-bond donors (Lipinski definition) is 2. The van der Waals surface area contributed by atoms with E-state index >= 15 is 0 Å². The maximum absolute atomic E-state index is 9.07. The molecule has 0 radical (unpaired) electrons. The summed E-state index contributed by atoms with van der Waals surface area (Å²) in [7, 11) is 0. The van der Waals surface area contributed by atoms with Gasteiger partial charge < -0.3 is 10.4 Å². The van der Waals surface area contributed by atoms with Crippen molar-refractivity contribution in [3.63, 3.8) is 0 Å². The van der Waals surface area contributed by atoms with E-state index in [1.54, 1.807) is 6.07 Å². The first kappa shape index (κ1) is 8.37. The van der Waals surface area contributed by atoms with E-state index in [-0.39, 0.29) is 12.4 Å². The normalized spacial score (nSPS) is 13.8. The zero-order chi connectivity index (χ0) is 6.97. The summed E-state index contributed by atoms with van der Waals surface area (Å²) in [6.07, 6.45) is 0. The molecule has 1 heterocycles. The lowest BCUT2D eigenvalue weighted by molar-refractivity contribution is 0.474. The molecule has 0 aliphatic carbocycles. The number of benzene rings is 1. The molecule has 0 unspecified atom stereocenters. The van der Waals surface area contributed by atoms with Gasteiger partial charge in [-0.3, -0.25) is 0 Å². The van der Waals surface area contributed by atoms with Crippen molar-refractivity contribution in [3.8, 4) is 5.75 Å². The van der Waals surface area contributed by atoms with Crippen LogP contribution in [0.5, 0.6) is 5.75 Å². The van der Waals surface area contributed by atoms with Gasteiger partial charge in [0.25, 0.3) is 0 Å². The van der Waals surface area contributed by atoms with E-state index in [0.717, 1.165) is 13.1 Å². The number of phenols is 1. The van der Waals surface area contributed by atoms with Crippen molar-refractivity contribution in [1.82, 2.24) is 5.32 Å². The summed E-state index contributed by atoms with van der Waals surface area (Å²) in [6.45, 7) is 1.83. The van der Waals surface area contributed by atoms with Crippen LogP contribution in [0.15, 0.2) is 18.2 Å². The van der Waals surface area contributed by atoms with E-state index in [1.807, 2.05) is 12.1 Å². The highest BCUT2D eigenvalue weighted by Crippen LogP contribution is 2.19. The van der Waals surface area contributed by atoms with Crippen molar-refractivity contribution in [1.29, 1.82) is 0 Å². The first-order chi connectivity index (χ1) is 4.86. The molecule has 2 nitrogen and oxygen atoms in total. The third-order valence-electron chi connectivity index (χ3n) is 1.82. The topological polar surface area (TPSA) is 32.3 Å². The predicted molar refractivity (Wildman–Crippen MR) is 45.9 cm³/mol. The molecule has 0 bridgehead atoms. The number of halogens is 1. The molecule has 11 heavy (non-hydrogen) atoms. The molecule has 0 spiro atoms. The third kappa shape index (κ3) is 1.47. The molecule has 0 fully saturated rings. The fourth-order valence-corrected chi connectivity index (χ4v) is 1.28. The Morgan fingerprint density at radius 2 is 1.91 bits per heavy atom. The van der Waals surface area contributed by atoms with E-state index in [0.29, 0.717) is 5.75 Å². The molecular weight excluding hydrogens is 162 g/mol. The van der Waals surface area contributed by atoms with Gasteiger partial charge in [0.15, 0.2) is 0 Å². The third-order valence-corrected chi connectivity index (χ3v) is 1.82. The van der Waals surface area contributed by atoms with Gasteiger partial charge in [-0.25, -0.2) is 0 Å². The highest BCUT2D eigenvalue weighted by atomic mass is 35.5. The molecule has 0 saturated carbocycles. The van der Waals surface area contributed by atoms with E-state index in [1.165, 1.54) is 11.1 Å². The lowest BCUT2D eigenvalue weighted by Gasteiger charge is -1.96. The maximum atomic E-state index is 9.07. The second-order valence-electron chi connectivity index (χ2n) is 2.56. The fraction of sp³-hybridized carbons (Fsp3) is 0.250. The quantitative estimate of drug-likeness (QED) is 0.619. The molecule has 0 saturated heterocycles. The van der Waals surface area contributed by atoms with Gasteiger partial charge in [0.1, 0.15) is 5.75 Å². The summed E-state index contributed by atoms with van der Waals surface area (Å²) in [5, 5.41) is 12.3. The van der Waals surface area contributed by atoms with E-state index in [9.17, 15) is 0 Å². The molecule has 0 amide bonds. The van der Waals surface area contributed by atoms with Gasteiger partial charge in [-0.2, -0.15) is 0 Å². The number of rotatable bonds is 0. The largest absolute Gasteiger partial charge is 0.508 e. The molecule has 3 heteroatoms. The number of phenolic OH excluding ortho intramolecular Hbond substituents is 1. The number of nitrogens with one attached hydrogen (secondary N) is 1. The van der Waals surface area contributed by atoms with Gasteiger partial charge in [0, 0.05) is 13.1 Å². The second kappa shape index (κ2) is 3.11. The van der Waals surface area contributed by atoms with Crippen molar-refractivity contribution in [2.24, 2.45) is 0 Å². The minimum atomic E-state index is 0. The first-order valence-electron chi connectivity index (χ1n) is 3.38. The molecule has 2 rings (SSSR count). The van der Waals surface area contributed by atoms with E-state index in [2.05, 4.69) is 5.32 Å². The minimum absolute atomic E-state index is 0. The summed E-state index contributed by atoms with van der Waals surface area (Å²) in [6, 6.07) is 5.51. The second-order valence-corrected chi connectivity index (χ2v) is 2.56. The molecule has 1 aliphatic rings. The highest BCUT2D eigenvalue weighted by Gasteiger charge is 2.08. The van der Waals surface area contributed by atoms with Crippen molar-refractivity contribution < 1.29 is 5.11 Å². The minimum Gasteiger partial charge on any atom is -0.508 e. The smallest absolute Gasteiger partial charge is 0.115 e. The van der Waals surface area contributed by atoms with Crippen LogP contribution in [-0.4, -0.2) is 5.11 Å². The zero-order valence-electron chi connectivity index (χ0n) is 6.00. The molecule has 1 aliphatic heterocycles. The van der Waals surface area contributed by atoms with Crippen LogP contribution in [0.1, 0.15) is 11.1 Å². The molecule has 1 aromatic rings. The average Bonchev–Trinajstić information content (AvgIpc) is 2.33. The number of fused-ring (bicyclic) bond motifs is 1. The lowest BCUT2D eigenvalue weighted by atomic mass is 10.1. The Kier molecular flexibility index (Phi) is 2.37. The summed E-state index contributed by atoms with van der Waals surface area (Å²) < 4.78 is 0. The van der Waals surface area contributed by atoms with Gasteiger partial charge >= 0.3 is 0 Å². The Labute approximate surface area is 71.7 Å². The Morgan fingerprint density at radius 1 is 1.18 bits per heavy atom. The SMILES string of the molecule is Cl.Oc1ccc2c(c1)CNC2. The standard InChI is InChI=1S/C8H9NO.ClH/c10-8-2-1-6-4-9-5-7(6)3-8;/h1-3,9-10H,4-5H2;1H. The number of aromatic hydroxyl groups is 1. The molecule has 0 aromatic heterocycles. The van der Waals surface area contributed by atoms with Crippen molar-refractivity contribution >= 4 is 12.4 Å². The van der Waals surface area contributed by atoms with Crippen molar-refractivity contribution in [2.75, 3.05) is 0 Å². The Hall–Kier alpha value is -0.730. The zero-order valence-corrected chi connectivity index (χ0v) is 6.82. The molecular formula is C8H10ClNO. The van der Waals surface area contributed by atoms with Gasteiger partial charge in [-0.15, -0.1) is 12.4 Å². The van der Waals surface area contributed by atoms with Crippen LogP contribution in [0.25, 0.3) is 0 Å². The van der Waals surface area contributed by atoms with Gasteiger partial charge in [-0.1, -0.05) is 6.07 Å². The fourth-order valence-electron chi connectivity index (χ4n) is 1.28. The van der Waals surface area contributed by atoms with Gasteiger partial charge in [0.05, 0.1) is 0 Å². The van der Waals surface area contributed by atoms with Crippen LogP contribution < -0.4 is 5.32 Å². The van der Waals surface area contributed by atoms with Crippen LogP contribution in [0.4, 0.5) is 0 Å². The van der Waals surface area contributed by atoms with Crippen LogP contribution in [0.2, 0.25) is 0 Å². The van der Waals surface area contributed by atoms with Crippen LogP contribution in [0, 0.1) is 0 Å². The van der Waals surface area contributed by atoms with Crippen LogP contribution in [-0.2, 0) is 13.1 Å². The summed E-state index contributed by atoms with van der Waals surface area (Å²) in [4.78, 5) is 0. The van der Waals surface area contributed by atoms with Crippen LogP contribution in [0.3, 0.4) is 0 Å². The van der Waals surface area contributed by atoms with E-state index < -0.39 is 0 Å². The molecule has 0 atom stereocenters.